The Bertz CT molecular complexity index is 1320. The van der Waals surface area contributed by atoms with E-state index >= 15 is 0 Å². The van der Waals surface area contributed by atoms with E-state index in [0.29, 0.717) is 16.8 Å². The van der Waals surface area contributed by atoms with Crippen LogP contribution in [-0.4, -0.2) is 25.3 Å². The minimum atomic E-state index is -0.820. The van der Waals surface area contributed by atoms with Crippen LogP contribution in [0.25, 0.3) is 11.0 Å². The summed E-state index contributed by atoms with van der Waals surface area (Å²) in [5, 5.41) is 22.5. The molecule has 0 N–H and O–H groups in total. The molecule has 1 heterocycles. The van der Waals surface area contributed by atoms with Gasteiger partial charge in [-0.25, -0.2) is 4.98 Å². The lowest BCUT2D eigenvalue weighted by atomic mass is 10.1. The van der Waals surface area contributed by atoms with Gasteiger partial charge >= 0.3 is 0 Å². The number of non-ortho nitro benzene ring substituents is 1. The fraction of sp³-hybridized carbons (Fsp3) is 0.0476. The molecule has 0 amide bonds. The minimum absolute atomic E-state index is 0.0643. The van der Waals surface area contributed by atoms with Crippen molar-refractivity contribution in [2.45, 2.75) is 6.61 Å². The molecule has 0 saturated heterocycles. The van der Waals surface area contributed by atoms with Crippen molar-refractivity contribution in [1.29, 1.82) is 0 Å². The van der Waals surface area contributed by atoms with Crippen LogP contribution in [0.15, 0.2) is 72.8 Å². The van der Waals surface area contributed by atoms with Crippen LogP contribution in [-0.2, 0) is 6.61 Å². The molecule has 0 radical (unpaired) electrons. The van der Waals surface area contributed by atoms with Gasteiger partial charge in [0.15, 0.2) is 5.82 Å². The number of benzene rings is 3. The molecule has 0 saturated carbocycles. The SMILES string of the molecule is O=C(c1ccc([N+](=O)[O-])cc1[N+](=O)[O-])n1c(COc2ccccc2)nc2ccccc21. The number of nitro groups is 2. The Balaban J connectivity index is 1.81. The Morgan fingerprint density at radius 3 is 2.35 bits per heavy atom. The molecular formula is C21H14N4O6. The first kappa shape index (κ1) is 19.7. The van der Waals surface area contributed by atoms with Crippen LogP contribution in [0.5, 0.6) is 5.75 Å². The molecule has 0 aliphatic carbocycles. The summed E-state index contributed by atoms with van der Waals surface area (Å²) < 4.78 is 6.95. The van der Waals surface area contributed by atoms with E-state index in [1.54, 1.807) is 48.5 Å². The molecule has 4 aromatic rings. The van der Waals surface area contributed by atoms with Gasteiger partial charge in [0.1, 0.15) is 17.9 Å². The minimum Gasteiger partial charge on any atom is -0.486 e. The smallest absolute Gasteiger partial charge is 0.289 e. The molecule has 10 nitrogen and oxygen atoms in total. The Morgan fingerprint density at radius 2 is 1.65 bits per heavy atom. The van der Waals surface area contributed by atoms with Crippen molar-refractivity contribution in [3.8, 4) is 5.75 Å². The third-order valence-corrected chi connectivity index (χ3v) is 4.56. The van der Waals surface area contributed by atoms with E-state index in [0.717, 1.165) is 18.2 Å². The molecule has 0 bridgehead atoms. The number of carbonyl (C=O) groups excluding carboxylic acids is 1. The van der Waals surface area contributed by atoms with Crippen LogP contribution in [0.3, 0.4) is 0 Å². The summed E-state index contributed by atoms with van der Waals surface area (Å²) in [5.41, 5.74) is -0.489. The van der Waals surface area contributed by atoms with Gasteiger partial charge in [-0.3, -0.25) is 29.6 Å². The van der Waals surface area contributed by atoms with Crippen molar-refractivity contribution in [2.75, 3.05) is 0 Å². The largest absolute Gasteiger partial charge is 0.486 e. The fourth-order valence-electron chi connectivity index (χ4n) is 3.15. The highest BCUT2D eigenvalue weighted by Gasteiger charge is 2.28. The van der Waals surface area contributed by atoms with E-state index < -0.39 is 27.1 Å². The summed E-state index contributed by atoms with van der Waals surface area (Å²) in [5.74, 6) is 0.0690. The summed E-state index contributed by atoms with van der Waals surface area (Å²) in [6.45, 7) is -0.0643. The topological polar surface area (TPSA) is 130 Å². The number of ether oxygens (including phenoxy) is 1. The normalized spacial score (nSPS) is 10.7. The summed E-state index contributed by atoms with van der Waals surface area (Å²) in [4.78, 5) is 38.7. The zero-order chi connectivity index (χ0) is 22.0. The molecule has 10 heteroatoms. The molecule has 0 fully saturated rings. The van der Waals surface area contributed by atoms with Gasteiger partial charge in [0.2, 0.25) is 0 Å². The van der Waals surface area contributed by atoms with Gasteiger partial charge in [-0.05, 0) is 30.3 Å². The first-order valence-corrected chi connectivity index (χ1v) is 9.07. The molecule has 0 aliphatic heterocycles. The number of rotatable bonds is 6. The molecule has 154 valence electrons. The standard InChI is InChI=1S/C21H14N4O6/c26-21(16-11-10-14(24(27)28)12-19(16)25(29)30)23-18-9-5-4-8-17(18)22-20(23)13-31-15-6-2-1-3-7-15/h1-12H,13H2. The van der Waals surface area contributed by atoms with Gasteiger partial charge in [-0.15, -0.1) is 0 Å². The molecule has 4 rings (SSSR count). The number of hydrogen-bond donors (Lipinski definition) is 0. The van der Waals surface area contributed by atoms with Gasteiger partial charge in [0.05, 0.1) is 26.9 Å². The second-order valence-electron chi connectivity index (χ2n) is 6.47. The Morgan fingerprint density at radius 1 is 0.935 bits per heavy atom. The monoisotopic (exact) mass is 418 g/mol. The quantitative estimate of drug-likeness (QED) is 0.340. The van der Waals surface area contributed by atoms with Crippen molar-refractivity contribution in [1.82, 2.24) is 9.55 Å². The van der Waals surface area contributed by atoms with Gasteiger partial charge in [0, 0.05) is 6.07 Å². The lowest BCUT2D eigenvalue weighted by Gasteiger charge is -2.10. The Kier molecular flexibility index (Phi) is 5.10. The molecule has 3 aromatic carbocycles. The lowest BCUT2D eigenvalue weighted by Crippen LogP contribution is -2.18. The number of aromatic nitrogens is 2. The summed E-state index contributed by atoms with van der Waals surface area (Å²) in [7, 11) is 0. The van der Waals surface area contributed by atoms with E-state index in [9.17, 15) is 25.0 Å². The number of imidazole rings is 1. The number of carbonyl (C=O) groups is 1. The van der Waals surface area contributed by atoms with E-state index in [-0.39, 0.29) is 18.0 Å². The highest BCUT2D eigenvalue weighted by molar-refractivity contribution is 6.04. The molecule has 31 heavy (non-hydrogen) atoms. The van der Waals surface area contributed by atoms with Crippen LogP contribution in [0, 0.1) is 20.2 Å². The van der Waals surface area contributed by atoms with Gasteiger partial charge < -0.3 is 4.74 Å². The van der Waals surface area contributed by atoms with Crippen molar-refractivity contribution >= 4 is 28.3 Å². The van der Waals surface area contributed by atoms with E-state index in [1.807, 2.05) is 6.07 Å². The van der Waals surface area contributed by atoms with Crippen LogP contribution in [0.4, 0.5) is 11.4 Å². The molecular weight excluding hydrogens is 404 g/mol. The van der Waals surface area contributed by atoms with Crippen LogP contribution >= 0.6 is 0 Å². The molecule has 1 aromatic heterocycles. The summed E-state index contributed by atoms with van der Waals surface area (Å²) >= 11 is 0. The fourth-order valence-corrected chi connectivity index (χ4v) is 3.15. The first-order valence-electron chi connectivity index (χ1n) is 9.07. The third kappa shape index (κ3) is 3.81. The predicted molar refractivity (Wildman–Crippen MR) is 110 cm³/mol. The van der Waals surface area contributed by atoms with E-state index in [1.165, 1.54) is 4.57 Å². The highest BCUT2D eigenvalue weighted by Crippen LogP contribution is 2.27. The molecule has 0 atom stereocenters. The van der Waals surface area contributed by atoms with Crippen LogP contribution in [0.2, 0.25) is 0 Å². The number of nitrogens with zero attached hydrogens (tertiary/aromatic N) is 4. The van der Waals surface area contributed by atoms with Crippen molar-refractivity contribution in [3.63, 3.8) is 0 Å². The number of hydrogen-bond acceptors (Lipinski definition) is 7. The maximum atomic E-state index is 13.4. The van der Waals surface area contributed by atoms with Crippen LogP contribution < -0.4 is 4.74 Å². The lowest BCUT2D eigenvalue weighted by molar-refractivity contribution is -0.394. The third-order valence-electron chi connectivity index (χ3n) is 4.56. The van der Waals surface area contributed by atoms with Gasteiger partial charge in [-0.1, -0.05) is 30.3 Å². The van der Waals surface area contributed by atoms with Gasteiger partial charge in [-0.2, -0.15) is 0 Å². The van der Waals surface area contributed by atoms with Gasteiger partial charge in [0.25, 0.3) is 17.3 Å². The highest BCUT2D eigenvalue weighted by atomic mass is 16.6. The zero-order valence-electron chi connectivity index (χ0n) is 15.9. The average Bonchev–Trinajstić information content (AvgIpc) is 3.15. The van der Waals surface area contributed by atoms with E-state index in [4.69, 9.17) is 4.74 Å². The van der Waals surface area contributed by atoms with Crippen molar-refractivity contribution in [3.05, 3.63) is 104 Å². The molecule has 0 unspecified atom stereocenters. The van der Waals surface area contributed by atoms with E-state index in [2.05, 4.69) is 4.98 Å². The van der Waals surface area contributed by atoms with Crippen LogP contribution in [0.1, 0.15) is 16.2 Å². The molecule has 0 spiro atoms. The summed E-state index contributed by atoms with van der Waals surface area (Å²) in [6, 6.07) is 18.6. The second kappa shape index (κ2) is 8.03. The van der Waals surface area contributed by atoms with Crippen molar-refractivity contribution < 1.29 is 19.4 Å². The number of nitro benzene ring substituents is 2. The van der Waals surface area contributed by atoms with Crippen molar-refractivity contribution in [2.24, 2.45) is 0 Å². The number of para-hydroxylation sites is 3. The summed E-state index contributed by atoms with van der Waals surface area (Å²) in [6.07, 6.45) is 0. The maximum Gasteiger partial charge on any atom is 0.289 e. The molecule has 0 aliphatic rings. The Labute approximate surface area is 174 Å². The maximum absolute atomic E-state index is 13.4. The zero-order valence-corrected chi connectivity index (χ0v) is 15.9. The number of fused-ring (bicyclic) bond motifs is 1. The predicted octanol–water partition coefficient (Wildman–Crippen LogP) is 4.12. The Hall–Kier alpha value is -4.60. The average molecular weight is 418 g/mol. The second-order valence-corrected chi connectivity index (χ2v) is 6.47. The first-order chi connectivity index (χ1) is 15.0.